The fourth-order valence-corrected chi connectivity index (χ4v) is 2.41. The van der Waals surface area contributed by atoms with Crippen molar-refractivity contribution in [2.45, 2.75) is 25.9 Å². The van der Waals surface area contributed by atoms with Crippen LogP contribution < -0.4 is 5.32 Å². The summed E-state index contributed by atoms with van der Waals surface area (Å²) in [5, 5.41) is 3.86. The molecule has 4 heteroatoms. The van der Waals surface area contributed by atoms with Crippen LogP contribution in [-0.4, -0.2) is 30.1 Å². The van der Waals surface area contributed by atoms with E-state index >= 15 is 0 Å². The predicted octanol–water partition coefficient (Wildman–Crippen LogP) is 2.66. The summed E-state index contributed by atoms with van der Waals surface area (Å²) in [5.41, 5.74) is 0.633. The fraction of sp³-hybridized carbons (Fsp3) is 0.538. The summed E-state index contributed by atoms with van der Waals surface area (Å²) in [6.45, 7) is 7.66. The van der Waals surface area contributed by atoms with Crippen LogP contribution in [0.4, 0.5) is 4.39 Å². The van der Waals surface area contributed by atoms with Crippen molar-refractivity contribution in [2.75, 3.05) is 19.6 Å². The molecule has 0 radical (unpaired) electrons. The first-order chi connectivity index (χ1) is 8.00. The molecule has 0 bridgehead atoms. The Kier molecular flexibility index (Phi) is 3.71. The molecule has 1 aromatic rings. The smallest absolute Gasteiger partial charge is 0.129 e. The molecule has 1 aliphatic heterocycles. The molecule has 17 heavy (non-hydrogen) atoms. The van der Waals surface area contributed by atoms with Gasteiger partial charge < -0.3 is 5.32 Å². The number of rotatable bonds is 2. The fourth-order valence-electron chi connectivity index (χ4n) is 2.19. The van der Waals surface area contributed by atoms with Gasteiger partial charge in [-0.2, -0.15) is 0 Å². The van der Waals surface area contributed by atoms with Gasteiger partial charge in [-0.15, -0.1) is 0 Å². The van der Waals surface area contributed by atoms with E-state index in [1.165, 1.54) is 6.07 Å². The summed E-state index contributed by atoms with van der Waals surface area (Å²) in [5.74, 6) is -0.216. The summed E-state index contributed by atoms with van der Waals surface area (Å²) in [6, 6.07) is 4.86. The van der Waals surface area contributed by atoms with Crippen molar-refractivity contribution in [2.24, 2.45) is 0 Å². The van der Waals surface area contributed by atoms with E-state index in [0.717, 1.165) is 19.6 Å². The van der Waals surface area contributed by atoms with Gasteiger partial charge in [0, 0.05) is 42.3 Å². The van der Waals surface area contributed by atoms with Crippen LogP contribution in [0.25, 0.3) is 0 Å². The molecule has 1 heterocycles. The van der Waals surface area contributed by atoms with Gasteiger partial charge in [-0.3, -0.25) is 4.90 Å². The Morgan fingerprint density at radius 2 is 2.24 bits per heavy atom. The predicted molar refractivity (Wildman–Crippen MR) is 68.8 cm³/mol. The van der Waals surface area contributed by atoms with E-state index in [9.17, 15) is 4.39 Å². The number of piperazine rings is 1. The maximum atomic E-state index is 13.7. The van der Waals surface area contributed by atoms with Crippen LogP contribution in [0.2, 0.25) is 5.02 Å². The van der Waals surface area contributed by atoms with Crippen molar-refractivity contribution in [1.82, 2.24) is 10.2 Å². The first kappa shape index (κ1) is 12.8. The molecule has 0 amide bonds. The van der Waals surface area contributed by atoms with E-state index in [0.29, 0.717) is 17.1 Å². The topological polar surface area (TPSA) is 15.3 Å². The van der Waals surface area contributed by atoms with Gasteiger partial charge in [0.05, 0.1) is 0 Å². The second-order valence-electron chi connectivity index (χ2n) is 5.11. The molecule has 1 saturated heterocycles. The van der Waals surface area contributed by atoms with Crippen LogP contribution in [0.5, 0.6) is 0 Å². The third-order valence-electron chi connectivity index (χ3n) is 3.38. The van der Waals surface area contributed by atoms with E-state index in [-0.39, 0.29) is 11.4 Å². The van der Waals surface area contributed by atoms with E-state index < -0.39 is 0 Å². The van der Waals surface area contributed by atoms with Crippen molar-refractivity contribution in [3.63, 3.8) is 0 Å². The lowest BCUT2D eigenvalue weighted by atomic mass is 9.99. The van der Waals surface area contributed by atoms with E-state index in [4.69, 9.17) is 11.6 Å². The number of halogens is 2. The molecule has 0 aliphatic carbocycles. The van der Waals surface area contributed by atoms with Gasteiger partial charge in [0.1, 0.15) is 5.82 Å². The van der Waals surface area contributed by atoms with Crippen LogP contribution in [0, 0.1) is 5.82 Å². The van der Waals surface area contributed by atoms with Crippen LogP contribution in [0.15, 0.2) is 18.2 Å². The van der Waals surface area contributed by atoms with Gasteiger partial charge in [-0.25, -0.2) is 4.39 Å². The monoisotopic (exact) mass is 256 g/mol. The first-order valence-corrected chi connectivity index (χ1v) is 6.27. The quantitative estimate of drug-likeness (QED) is 0.875. The van der Waals surface area contributed by atoms with Gasteiger partial charge in [0.25, 0.3) is 0 Å². The van der Waals surface area contributed by atoms with Crippen LogP contribution in [-0.2, 0) is 6.54 Å². The Labute approximate surface area is 107 Å². The molecular weight excluding hydrogens is 239 g/mol. The Morgan fingerprint density at radius 1 is 1.47 bits per heavy atom. The lowest BCUT2D eigenvalue weighted by Gasteiger charge is -2.43. The molecular formula is C13H18ClFN2. The molecule has 1 aliphatic rings. The summed E-state index contributed by atoms with van der Waals surface area (Å²) < 4.78 is 13.7. The highest BCUT2D eigenvalue weighted by Crippen LogP contribution is 2.25. The number of benzene rings is 1. The Balaban J connectivity index is 2.20. The SMILES string of the molecule is CC1(C)CNCCN1Cc1c(F)cccc1Cl. The minimum absolute atomic E-state index is 0.0316. The molecule has 0 atom stereocenters. The second kappa shape index (κ2) is 4.92. The standard InChI is InChI=1S/C13H18ClFN2/c1-13(2)9-16-6-7-17(13)8-10-11(14)4-3-5-12(10)15/h3-5,16H,6-9H2,1-2H3. The Morgan fingerprint density at radius 3 is 2.88 bits per heavy atom. The zero-order valence-corrected chi connectivity index (χ0v) is 11.0. The van der Waals surface area contributed by atoms with Crippen LogP contribution >= 0.6 is 11.6 Å². The van der Waals surface area contributed by atoms with Crippen molar-refractivity contribution < 1.29 is 4.39 Å². The summed E-state index contributed by atoms with van der Waals surface area (Å²) in [6.07, 6.45) is 0. The number of nitrogens with one attached hydrogen (secondary N) is 1. The molecule has 2 nitrogen and oxygen atoms in total. The third kappa shape index (κ3) is 2.79. The van der Waals surface area contributed by atoms with Crippen molar-refractivity contribution in [1.29, 1.82) is 0 Å². The largest absolute Gasteiger partial charge is 0.314 e. The maximum absolute atomic E-state index is 13.7. The molecule has 0 spiro atoms. The number of hydrogen-bond donors (Lipinski definition) is 1. The highest BCUT2D eigenvalue weighted by molar-refractivity contribution is 6.31. The number of hydrogen-bond acceptors (Lipinski definition) is 2. The van der Waals surface area contributed by atoms with E-state index in [1.54, 1.807) is 12.1 Å². The Hall–Kier alpha value is -0.640. The highest BCUT2D eigenvalue weighted by atomic mass is 35.5. The van der Waals surface area contributed by atoms with Gasteiger partial charge in [-0.1, -0.05) is 17.7 Å². The molecule has 2 rings (SSSR count). The summed E-state index contributed by atoms with van der Waals surface area (Å²) >= 11 is 6.06. The van der Waals surface area contributed by atoms with Crippen LogP contribution in [0.1, 0.15) is 19.4 Å². The molecule has 0 unspecified atom stereocenters. The lowest BCUT2D eigenvalue weighted by Crippen LogP contribution is -2.57. The van der Waals surface area contributed by atoms with Gasteiger partial charge in [0.2, 0.25) is 0 Å². The van der Waals surface area contributed by atoms with E-state index in [1.807, 2.05) is 0 Å². The minimum Gasteiger partial charge on any atom is -0.314 e. The first-order valence-electron chi connectivity index (χ1n) is 5.89. The summed E-state index contributed by atoms with van der Waals surface area (Å²) in [7, 11) is 0. The van der Waals surface area contributed by atoms with Gasteiger partial charge in [0.15, 0.2) is 0 Å². The second-order valence-corrected chi connectivity index (χ2v) is 5.52. The van der Waals surface area contributed by atoms with Gasteiger partial charge >= 0.3 is 0 Å². The average Bonchev–Trinajstić information content (AvgIpc) is 2.25. The normalized spacial score (nSPS) is 20.5. The maximum Gasteiger partial charge on any atom is 0.129 e. The molecule has 1 aromatic carbocycles. The minimum atomic E-state index is -0.216. The highest BCUT2D eigenvalue weighted by Gasteiger charge is 2.30. The van der Waals surface area contributed by atoms with E-state index in [2.05, 4.69) is 24.1 Å². The third-order valence-corrected chi connectivity index (χ3v) is 3.74. The number of nitrogens with zero attached hydrogens (tertiary/aromatic N) is 1. The van der Waals surface area contributed by atoms with Crippen LogP contribution in [0.3, 0.4) is 0 Å². The Bertz CT molecular complexity index is 386. The molecule has 0 saturated carbocycles. The van der Waals surface area contributed by atoms with Crippen molar-refractivity contribution >= 4 is 11.6 Å². The van der Waals surface area contributed by atoms with Gasteiger partial charge in [-0.05, 0) is 26.0 Å². The molecule has 0 aromatic heterocycles. The summed E-state index contributed by atoms with van der Waals surface area (Å²) in [4.78, 5) is 2.27. The van der Waals surface area contributed by atoms with Crippen molar-refractivity contribution in [3.05, 3.63) is 34.6 Å². The van der Waals surface area contributed by atoms with Crippen molar-refractivity contribution in [3.8, 4) is 0 Å². The lowest BCUT2D eigenvalue weighted by molar-refractivity contribution is 0.0816. The molecule has 1 fully saturated rings. The molecule has 94 valence electrons. The zero-order valence-electron chi connectivity index (χ0n) is 10.3. The molecule has 1 N–H and O–H groups in total. The zero-order chi connectivity index (χ0) is 12.5. The average molecular weight is 257 g/mol.